The van der Waals surface area contributed by atoms with Gasteiger partial charge in [-0.05, 0) is 37.6 Å². The van der Waals surface area contributed by atoms with E-state index >= 15 is 0 Å². The molecule has 0 saturated heterocycles. The highest BCUT2D eigenvalue weighted by molar-refractivity contribution is 7.14. The molecule has 1 aromatic rings. The first-order valence-corrected chi connectivity index (χ1v) is 6.28. The van der Waals surface area contributed by atoms with Crippen LogP contribution in [0.4, 0.5) is 9.80 Å². The van der Waals surface area contributed by atoms with Crippen molar-refractivity contribution in [2.24, 2.45) is 0 Å². The molecule has 6 heteroatoms. The summed E-state index contributed by atoms with van der Waals surface area (Å²) in [7, 11) is 0. The maximum absolute atomic E-state index is 11.7. The lowest BCUT2D eigenvalue weighted by Gasteiger charge is -2.38. The Balaban J connectivity index is 1.98. The number of amides is 2. The third-order valence-electron chi connectivity index (χ3n) is 3.00. The zero-order valence-corrected chi connectivity index (χ0v) is 10.3. The molecule has 17 heavy (non-hydrogen) atoms. The smallest absolute Gasteiger partial charge is 0.338 e. The fourth-order valence-corrected chi connectivity index (χ4v) is 2.59. The third kappa shape index (κ3) is 2.58. The highest BCUT2D eigenvalue weighted by Gasteiger charge is 2.33. The first-order chi connectivity index (χ1) is 8.00. The summed E-state index contributed by atoms with van der Waals surface area (Å²) in [6, 6.07) is 1.14. The molecular weight excluding hydrogens is 240 g/mol. The van der Waals surface area contributed by atoms with Crippen molar-refractivity contribution in [2.75, 3.05) is 5.32 Å². The van der Waals surface area contributed by atoms with Gasteiger partial charge in [-0.2, -0.15) is 0 Å². The van der Waals surface area contributed by atoms with Crippen LogP contribution in [0.3, 0.4) is 0 Å². The predicted octanol–water partition coefficient (Wildman–Crippen LogP) is 2.51. The Morgan fingerprint density at radius 1 is 1.47 bits per heavy atom. The van der Waals surface area contributed by atoms with Crippen molar-refractivity contribution in [2.45, 2.75) is 31.7 Å². The fourth-order valence-electron chi connectivity index (χ4n) is 1.82. The molecule has 1 saturated carbocycles. The van der Waals surface area contributed by atoms with Gasteiger partial charge < -0.3 is 10.4 Å². The molecule has 0 spiro atoms. The number of anilines is 1. The molecule has 1 fully saturated rings. The van der Waals surface area contributed by atoms with E-state index in [1.807, 2.05) is 6.92 Å². The second kappa shape index (κ2) is 4.37. The minimum Gasteiger partial charge on any atom is -0.478 e. The molecule has 0 bridgehead atoms. The summed E-state index contributed by atoms with van der Waals surface area (Å²) in [5, 5.41) is 16.4. The number of hydrogen-bond acceptors (Lipinski definition) is 3. The zero-order chi connectivity index (χ0) is 12.5. The summed E-state index contributed by atoms with van der Waals surface area (Å²) in [6.07, 6.45) is 3.06. The van der Waals surface area contributed by atoms with Crippen molar-refractivity contribution in [1.29, 1.82) is 0 Å². The standard InChI is InChI=1S/C11H14N2O3S/c1-11(4-2-5-11)13-10(16)12-8-7(9(14)15)3-6-17-8/h3,6H,2,4-5H2,1H3,(H,14,15)(H2,12,13,16). The Kier molecular flexibility index (Phi) is 3.06. The van der Waals surface area contributed by atoms with Crippen LogP contribution in [0, 0.1) is 0 Å². The Morgan fingerprint density at radius 2 is 2.18 bits per heavy atom. The largest absolute Gasteiger partial charge is 0.478 e. The van der Waals surface area contributed by atoms with Crippen LogP contribution in [0.5, 0.6) is 0 Å². The monoisotopic (exact) mass is 254 g/mol. The summed E-state index contributed by atoms with van der Waals surface area (Å²) in [6.45, 7) is 1.99. The number of thiophene rings is 1. The van der Waals surface area contributed by atoms with E-state index in [2.05, 4.69) is 10.6 Å². The number of carbonyl (C=O) groups is 2. The van der Waals surface area contributed by atoms with E-state index in [0.29, 0.717) is 5.00 Å². The van der Waals surface area contributed by atoms with Crippen molar-refractivity contribution >= 4 is 28.3 Å². The van der Waals surface area contributed by atoms with Crippen LogP contribution >= 0.6 is 11.3 Å². The normalized spacial score (nSPS) is 17.0. The summed E-state index contributed by atoms with van der Waals surface area (Å²) in [5.41, 5.74) is -0.00557. The van der Waals surface area contributed by atoms with Gasteiger partial charge in [0.05, 0.1) is 5.56 Å². The van der Waals surface area contributed by atoms with E-state index in [4.69, 9.17) is 5.11 Å². The highest BCUT2D eigenvalue weighted by atomic mass is 32.1. The molecule has 1 aliphatic carbocycles. The Labute approximate surface area is 103 Å². The van der Waals surface area contributed by atoms with Gasteiger partial charge in [0.2, 0.25) is 0 Å². The zero-order valence-electron chi connectivity index (χ0n) is 9.45. The van der Waals surface area contributed by atoms with Gasteiger partial charge in [0.25, 0.3) is 0 Å². The number of hydrogen-bond donors (Lipinski definition) is 3. The maximum atomic E-state index is 11.7. The molecule has 0 radical (unpaired) electrons. The van der Waals surface area contributed by atoms with Gasteiger partial charge in [0.15, 0.2) is 0 Å². The summed E-state index contributed by atoms with van der Waals surface area (Å²) in [5.74, 6) is -1.03. The summed E-state index contributed by atoms with van der Waals surface area (Å²) >= 11 is 1.21. The second-order valence-electron chi connectivity index (χ2n) is 4.46. The van der Waals surface area contributed by atoms with E-state index in [-0.39, 0.29) is 17.1 Å². The van der Waals surface area contributed by atoms with Crippen LogP contribution in [0.25, 0.3) is 0 Å². The van der Waals surface area contributed by atoms with E-state index in [0.717, 1.165) is 19.3 Å². The Hall–Kier alpha value is -1.56. The molecule has 5 nitrogen and oxygen atoms in total. The molecule has 3 N–H and O–H groups in total. The van der Waals surface area contributed by atoms with Gasteiger partial charge >= 0.3 is 12.0 Å². The van der Waals surface area contributed by atoms with Gasteiger partial charge in [-0.1, -0.05) is 0 Å². The highest BCUT2D eigenvalue weighted by Crippen LogP contribution is 2.31. The SMILES string of the molecule is CC1(NC(=O)Nc2sccc2C(=O)O)CCC1. The average Bonchev–Trinajstić information content (AvgIpc) is 2.63. The molecule has 0 aliphatic heterocycles. The number of nitrogens with one attached hydrogen (secondary N) is 2. The van der Waals surface area contributed by atoms with Crippen molar-refractivity contribution in [3.63, 3.8) is 0 Å². The lowest BCUT2D eigenvalue weighted by Crippen LogP contribution is -2.52. The fraction of sp³-hybridized carbons (Fsp3) is 0.455. The lowest BCUT2D eigenvalue weighted by atomic mass is 9.79. The Morgan fingerprint density at radius 3 is 2.71 bits per heavy atom. The van der Waals surface area contributed by atoms with Crippen molar-refractivity contribution in [3.05, 3.63) is 17.0 Å². The lowest BCUT2D eigenvalue weighted by molar-refractivity contribution is 0.0698. The molecular formula is C11H14N2O3S. The first kappa shape index (κ1) is 11.9. The van der Waals surface area contributed by atoms with E-state index in [1.54, 1.807) is 5.38 Å². The van der Waals surface area contributed by atoms with Crippen LogP contribution in [0.15, 0.2) is 11.4 Å². The molecule has 2 amide bonds. The van der Waals surface area contributed by atoms with Gasteiger partial charge in [-0.25, -0.2) is 9.59 Å². The molecule has 1 heterocycles. The first-order valence-electron chi connectivity index (χ1n) is 5.40. The molecule has 2 rings (SSSR count). The topological polar surface area (TPSA) is 78.4 Å². The van der Waals surface area contributed by atoms with Gasteiger partial charge in [-0.15, -0.1) is 11.3 Å². The summed E-state index contributed by atoms with van der Waals surface area (Å²) in [4.78, 5) is 22.5. The van der Waals surface area contributed by atoms with Gasteiger partial charge in [0, 0.05) is 5.54 Å². The van der Waals surface area contributed by atoms with Crippen molar-refractivity contribution in [3.8, 4) is 0 Å². The second-order valence-corrected chi connectivity index (χ2v) is 5.38. The molecule has 1 aromatic heterocycles. The van der Waals surface area contributed by atoms with Gasteiger partial charge in [-0.3, -0.25) is 5.32 Å². The third-order valence-corrected chi connectivity index (χ3v) is 3.82. The number of aromatic carboxylic acids is 1. The van der Waals surface area contributed by atoms with Crippen LogP contribution in [0.1, 0.15) is 36.5 Å². The molecule has 0 unspecified atom stereocenters. The van der Waals surface area contributed by atoms with E-state index < -0.39 is 5.97 Å². The minimum atomic E-state index is -1.03. The number of carboxylic acids is 1. The molecule has 1 aliphatic rings. The molecule has 92 valence electrons. The van der Waals surface area contributed by atoms with E-state index in [1.165, 1.54) is 17.4 Å². The van der Waals surface area contributed by atoms with Crippen LogP contribution in [0.2, 0.25) is 0 Å². The Bertz CT molecular complexity index is 451. The summed E-state index contributed by atoms with van der Waals surface area (Å²) < 4.78 is 0. The van der Waals surface area contributed by atoms with E-state index in [9.17, 15) is 9.59 Å². The number of rotatable bonds is 3. The number of urea groups is 1. The molecule has 0 atom stereocenters. The van der Waals surface area contributed by atoms with Crippen LogP contribution in [-0.2, 0) is 0 Å². The number of carboxylic acid groups (broad SMARTS) is 1. The quantitative estimate of drug-likeness (QED) is 0.775. The predicted molar refractivity (Wildman–Crippen MR) is 65.7 cm³/mol. The van der Waals surface area contributed by atoms with Crippen molar-refractivity contribution in [1.82, 2.24) is 5.32 Å². The average molecular weight is 254 g/mol. The van der Waals surface area contributed by atoms with Gasteiger partial charge in [0.1, 0.15) is 5.00 Å². The minimum absolute atomic E-state index is 0.129. The van der Waals surface area contributed by atoms with Crippen LogP contribution < -0.4 is 10.6 Å². The van der Waals surface area contributed by atoms with Crippen molar-refractivity contribution < 1.29 is 14.7 Å². The molecule has 0 aromatic carbocycles. The maximum Gasteiger partial charge on any atom is 0.338 e. The van der Waals surface area contributed by atoms with Crippen LogP contribution in [-0.4, -0.2) is 22.6 Å². The number of carbonyl (C=O) groups excluding carboxylic acids is 1.